The van der Waals surface area contributed by atoms with Gasteiger partial charge in [0.2, 0.25) is 5.91 Å². The van der Waals surface area contributed by atoms with Gasteiger partial charge < -0.3 is 10.4 Å². The smallest absolute Gasteiger partial charge is 0.275 e. The number of benzene rings is 3. The Balaban J connectivity index is 1.69. The van der Waals surface area contributed by atoms with Crippen molar-refractivity contribution >= 4 is 34.5 Å². The number of hydrogen-bond acceptors (Lipinski definition) is 4. The largest absolute Gasteiger partial charge is 0.506 e. The van der Waals surface area contributed by atoms with Crippen LogP contribution in [-0.4, -0.2) is 23.1 Å². The number of anilines is 1. The number of nitrogens with one attached hydrogen (secondary N) is 2. The normalized spacial score (nSPS) is 10.8. The molecule has 0 saturated heterocycles. The average molecular weight is 347 g/mol. The summed E-state index contributed by atoms with van der Waals surface area (Å²) in [5, 5.41) is 18.3. The first-order chi connectivity index (χ1) is 12.5. The zero-order chi connectivity index (χ0) is 18.5. The van der Waals surface area contributed by atoms with E-state index < -0.39 is 5.91 Å². The number of amides is 2. The van der Waals surface area contributed by atoms with Crippen molar-refractivity contribution in [2.45, 2.75) is 6.92 Å². The SMILES string of the molecule is CC(=O)Nc1ccc(/C=N/NC(=O)c2ccc3ccccc3c2O)cc1. The molecule has 0 aliphatic heterocycles. The molecule has 0 fully saturated rings. The van der Waals surface area contributed by atoms with Crippen LogP contribution in [0.5, 0.6) is 5.75 Å². The quantitative estimate of drug-likeness (QED) is 0.500. The average Bonchev–Trinajstić information content (AvgIpc) is 2.63. The summed E-state index contributed by atoms with van der Waals surface area (Å²) in [4.78, 5) is 23.2. The van der Waals surface area contributed by atoms with Gasteiger partial charge in [-0.2, -0.15) is 5.10 Å². The molecule has 3 rings (SSSR count). The van der Waals surface area contributed by atoms with Crippen molar-refractivity contribution < 1.29 is 14.7 Å². The van der Waals surface area contributed by atoms with Crippen molar-refractivity contribution in [1.29, 1.82) is 0 Å². The number of carbonyl (C=O) groups is 2. The van der Waals surface area contributed by atoms with Crippen molar-refractivity contribution in [3.63, 3.8) is 0 Å². The van der Waals surface area contributed by atoms with Gasteiger partial charge in [-0.1, -0.05) is 42.5 Å². The number of phenols is 1. The van der Waals surface area contributed by atoms with Gasteiger partial charge in [0.1, 0.15) is 5.75 Å². The molecule has 0 unspecified atom stereocenters. The van der Waals surface area contributed by atoms with Crippen LogP contribution in [0.2, 0.25) is 0 Å². The summed E-state index contributed by atoms with van der Waals surface area (Å²) in [6.45, 7) is 1.44. The van der Waals surface area contributed by atoms with E-state index in [9.17, 15) is 14.7 Å². The molecule has 0 radical (unpaired) electrons. The van der Waals surface area contributed by atoms with Crippen LogP contribution >= 0.6 is 0 Å². The maximum absolute atomic E-state index is 12.2. The molecule has 6 heteroatoms. The van der Waals surface area contributed by atoms with Crippen molar-refractivity contribution in [3.05, 3.63) is 71.8 Å². The van der Waals surface area contributed by atoms with E-state index in [2.05, 4.69) is 15.8 Å². The van der Waals surface area contributed by atoms with E-state index in [0.717, 1.165) is 10.9 Å². The highest BCUT2D eigenvalue weighted by Gasteiger charge is 2.12. The Morgan fingerprint density at radius 1 is 1.00 bits per heavy atom. The molecule has 3 aromatic rings. The number of nitrogens with zero attached hydrogens (tertiary/aromatic N) is 1. The molecular weight excluding hydrogens is 330 g/mol. The first-order valence-corrected chi connectivity index (χ1v) is 7.96. The predicted octanol–water partition coefficient (Wildman–Crippen LogP) is 3.27. The standard InChI is InChI=1S/C20H17N3O3/c1-13(24)22-16-9-6-14(7-10-16)12-21-23-20(26)18-11-8-15-4-2-3-5-17(15)19(18)25/h2-12,25H,1H3,(H,22,24)(H,23,26)/b21-12+. The lowest BCUT2D eigenvalue weighted by atomic mass is 10.1. The number of hydrogen-bond donors (Lipinski definition) is 3. The third-order valence-corrected chi connectivity index (χ3v) is 3.76. The minimum Gasteiger partial charge on any atom is -0.506 e. The number of phenolic OH excluding ortho intramolecular Hbond substituents is 1. The number of hydrazone groups is 1. The van der Waals surface area contributed by atoms with Crippen molar-refractivity contribution in [2.24, 2.45) is 5.10 Å². The van der Waals surface area contributed by atoms with Gasteiger partial charge in [-0.25, -0.2) is 5.43 Å². The molecule has 6 nitrogen and oxygen atoms in total. The van der Waals surface area contributed by atoms with Crippen LogP contribution in [0.25, 0.3) is 10.8 Å². The summed E-state index contributed by atoms with van der Waals surface area (Å²) in [7, 11) is 0. The monoisotopic (exact) mass is 347 g/mol. The second-order valence-electron chi connectivity index (χ2n) is 5.69. The van der Waals surface area contributed by atoms with E-state index in [1.807, 2.05) is 12.1 Å². The molecule has 0 saturated carbocycles. The molecule has 0 aromatic heterocycles. The Bertz CT molecular complexity index is 995. The number of aromatic hydroxyl groups is 1. The zero-order valence-electron chi connectivity index (χ0n) is 14.1. The lowest BCUT2D eigenvalue weighted by Crippen LogP contribution is -2.17. The topological polar surface area (TPSA) is 90.8 Å². The lowest BCUT2D eigenvalue weighted by Gasteiger charge is -2.06. The number of fused-ring (bicyclic) bond motifs is 1. The molecule has 0 heterocycles. The van der Waals surface area contributed by atoms with E-state index in [1.54, 1.807) is 48.5 Å². The minimum atomic E-state index is -0.501. The van der Waals surface area contributed by atoms with Gasteiger partial charge in [0, 0.05) is 18.0 Å². The lowest BCUT2D eigenvalue weighted by molar-refractivity contribution is -0.114. The molecule has 0 aliphatic rings. The summed E-state index contributed by atoms with van der Waals surface area (Å²) >= 11 is 0. The highest BCUT2D eigenvalue weighted by Crippen LogP contribution is 2.28. The van der Waals surface area contributed by atoms with Crippen LogP contribution in [0.3, 0.4) is 0 Å². The summed E-state index contributed by atoms with van der Waals surface area (Å²) in [6.07, 6.45) is 1.48. The fourth-order valence-corrected chi connectivity index (χ4v) is 2.52. The Kier molecular flexibility index (Phi) is 4.94. The zero-order valence-corrected chi connectivity index (χ0v) is 14.1. The summed E-state index contributed by atoms with van der Waals surface area (Å²) in [6, 6.07) is 17.6. The van der Waals surface area contributed by atoms with Crippen LogP contribution in [0.1, 0.15) is 22.8 Å². The van der Waals surface area contributed by atoms with Gasteiger partial charge in [-0.3, -0.25) is 9.59 Å². The second kappa shape index (κ2) is 7.48. The highest BCUT2D eigenvalue weighted by atomic mass is 16.3. The number of carbonyl (C=O) groups excluding carboxylic acids is 2. The first-order valence-electron chi connectivity index (χ1n) is 7.96. The van der Waals surface area contributed by atoms with Crippen molar-refractivity contribution in [1.82, 2.24) is 5.43 Å². The van der Waals surface area contributed by atoms with Crippen molar-refractivity contribution in [3.8, 4) is 5.75 Å². The van der Waals surface area contributed by atoms with Crippen LogP contribution < -0.4 is 10.7 Å². The molecule has 26 heavy (non-hydrogen) atoms. The van der Waals surface area contributed by atoms with Crippen LogP contribution in [0.4, 0.5) is 5.69 Å². The fraction of sp³-hybridized carbons (Fsp3) is 0.0500. The first kappa shape index (κ1) is 17.2. The third-order valence-electron chi connectivity index (χ3n) is 3.76. The molecule has 130 valence electrons. The molecule has 3 aromatic carbocycles. The molecular formula is C20H17N3O3. The Morgan fingerprint density at radius 3 is 2.46 bits per heavy atom. The van der Waals surface area contributed by atoms with Gasteiger partial charge in [0.15, 0.2) is 0 Å². The predicted molar refractivity (Wildman–Crippen MR) is 101 cm³/mol. The van der Waals surface area contributed by atoms with E-state index in [0.29, 0.717) is 11.1 Å². The summed E-state index contributed by atoms with van der Waals surface area (Å²) in [5.41, 5.74) is 3.99. The molecule has 0 atom stereocenters. The Labute approximate surface area is 150 Å². The van der Waals surface area contributed by atoms with E-state index in [4.69, 9.17) is 0 Å². The van der Waals surface area contributed by atoms with Gasteiger partial charge in [0.05, 0.1) is 11.8 Å². The van der Waals surface area contributed by atoms with Gasteiger partial charge in [-0.15, -0.1) is 0 Å². The molecule has 0 aliphatic carbocycles. The number of rotatable bonds is 4. The molecule has 3 N–H and O–H groups in total. The van der Waals surface area contributed by atoms with Gasteiger partial charge >= 0.3 is 0 Å². The Morgan fingerprint density at radius 2 is 1.73 bits per heavy atom. The van der Waals surface area contributed by atoms with E-state index in [-0.39, 0.29) is 17.2 Å². The van der Waals surface area contributed by atoms with E-state index in [1.165, 1.54) is 13.1 Å². The maximum Gasteiger partial charge on any atom is 0.275 e. The second-order valence-corrected chi connectivity index (χ2v) is 5.69. The molecule has 2 amide bonds. The molecule has 0 spiro atoms. The summed E-state index contributed by atoms with van der Waals surface area (Å²) < 4.78 is 0. The summed E-state index contributed by atoms with van der Waals surface area (Å²) in [5.74, 6) is -0.719. The highest BCUT2D eigenvalue weighted by molar-refractivity contribution is 6.03. The maximum atomic E-state index is 12.2. The van der Waals surface area contributed by atoms with Crippen molar-refractivity contribution in [2.75, 3.05) is 5.32 Å². The minimum absolute atomic E-state index is 0.0736. The third kappa shape index (κ3) is 3.87. The van der Waals surface area contributed by atoms with Gasteiger partial charge in [-0.05, 0) is 29.1 Å². The fourth-order valence-electron chi connectivity index (χ4n) is 2.52. The Hall–Kier alpha value is -3.67. The molecule has 0 bridgehead atoms. The van der Waals surface area contributed by atoms with Gasteiger partial charge in [0.25, 0.3) is 5.91 Å². The van der Waals surface area contributed by atoms with Crippen LogP contribution in [0, 0.1) is 0 Å². The van der Waals surface area contributed by atoms with Crippen LogP contribution in [0.15, 0.2) is 65.8 Å². The van der Waals surface area contributed by atoms with Crippen LogP contribution in [-0.2, 0) is 4.79 Å². The van der Waals surface area contributed by atoms with E-state index >= 15 is 0 Å².